The minimum absolute atomic E-state index is 0.0217. The normalized spacial score (nSPS) is 32.3. The third-order valence-corrected chi connectivity index (χ3v) is 6.37. The number of likely N-dealkylation sites (N-methyl/N-ethyl adjacent to an activating group) is 1. The number of halogens is 1. The van der Waals surface area contributed by atoms with Crippen LogP contribution >= 0.6 is 15.9 Å². The predicted octanol–water partition coefficient (Wildman–Crippen LogP) is 3.35. The zero-order chi connectivity index (χ0) is 18.6. The molecule has 3 aliphatic rings. The van der Waals surface area contributed by atoms with E-state index < -0.39 is 5.79 Å². The van der Waals surface area contributed by atoms with Gasteiger partial charge in [-0.25, -0.2) is 10.0 Å². The van der Waals surface area contributed by atoms with Gasteiger partial charge in [0.05, 0.1) is 12.1 Å². The van der Waals surface area contributed by atoms with Crippen LogP contribution in [-0.2, 0) is 9.47 Å². The Hall–Kier alpha value is -0.860. The molecule has 4 atom stereocenters. The summed E-state index contributed by atoms with van der Waals surface area (Å²) in [6, 6.07) is 4.31. The summed E-state index contributed by atoms with van der Waals surface area (Å²) in [5.41, 5.74) is 1.24. The van der Waals surface area contributed by atoms with Gasteiger partial charge >= 0.3 is 0 Å². The number of rotatable bonds is 3. The average Bonchev–Trinajstić information content (AvgIpc) is 3.13. The Morgan fingerprint density at radius 1 is 1.04 bits per heavy atom. The third kappa shape index (κ3) is 3.14. The van der Waals surface area contributed by atoms with E-state index >= 15 is 0 Å². The van der Waals surface area contributed by atoms with Crippen molar-refractivity contribution in [2.24, 2.45) is 0 Å². The van der Waals surface area contributed by atoms with Crippen molar-refractivity contribution in [3.63, 3.8) is 0 Å². The second kappa shape index (κ2) is 6.63. The van der Waals surface area contributed by atoms with Crippen molar-refractivity contribution in [2.45, 2.75) is 56.6 Å². The number of fused-ring (bicyclic) bond motifs is 2. The molecule has 3 unspecified atom stereocenters. The molecule has 0 bridgehead atoms. The molecule has 0 aromatic heterocycles. The van der Waals surface area contributed by atoms with Crippen LogP contribution in [0.2, 0.25) is 0 Å². The fourth-order valence-corrected chi connectivity index (χ4v) is 5.03. The van der Waals surface area contributed by atoms with Gasteiger partial charge in [0.1, 0.15) is 6.10 Å². The highest BCUT2D eigenvalue weighted by molar-refractivity contribution is 9.10. The van der Waals surface area contributed by atoms with Gasteiger partial charge in [0.2, 0.25) is 6.79 Å². The van der Waals surface area contributed by atoms with Crippen LogP contribution in [0.25, 0.3) is 0 Å². The Labute approximate surface area is 163 Å². The lowest BCUT2D eigenvalue weighted by molar-refractivity contribution is -0.156. The van der Waals surface area contributed by atoms with Crippen molar-refractivity contribution in [1.29, 1.82) is 0 Å². The number of benzene rings is 1. The van der Waals surface area contributed by atoms with Crippen LogP contribution in [0.15, 0.2) is 16.6 Å². The Bertz CT molecular complexity index is 696. The maximum absolute atomic E-state index is 6.36. The Balaban J connectivity index is 1.73. The Morgan fingerprint density at radius 2 is 1.73 bits per heavy atom. The monoisotopic (exact) mass is 426 g/mol. The second-order valence-electron chi connectivity index (χ2n) is 7.96. The van der Waals surface area contributed by atoms with Gasteiger partial charge in [0.25, 0.3) is 0 Å². The minimum atomic E-state index is -0.540. The largest absolute Gasteiger partial charge is 0.454 e. The van der Waals surface area contributed by atoms with Crippen LogP contribution in [-0.4, -0.2) is 62.0 Å². The Kier molecular flexibility index (Phi) is 4.72. The molecule has 144 valence electrons. The van der Waals surface area contributed by atoms with E-state index in [1.54, 1.807) is 0 Å². The van der Waals surface area contributed by atoms with Crippen molar-refractivity contribution >= 4 is 15.9 Å². The van der Waals surface area contributed by atoms with Gasteiger partial charge in [-0.15, -0.1) is 0 Å². The standard InChI is InChI=1S/C19H27BrN2O4/c1-19(2)25-14-7-6-11(17(18(14)26-19)22(5)21(3)4)12-8-15-16(9-13(12)20)24-10-23-15/h8-9,11,14,17-18H,6-7,10H2,1-5H3/t11?,14?,17-,18?/m1/s1. The molecule has 1 aromatic carbocycles. The van der Waals surface area contributed by atoms with E-state index in [1.165, 1.54) is 5.56 Å². The van der Waals surface area contributed by atoms with Crippen LogP contribution in [0.4, 0.5) is 0 Å². The molecule has 1 saturated carbocycles. The van der Waals surface area contributed by atoms with Gasteiger partial charge in [-0.1, -0.05) is 15.9 Å². The Morgan fingerprint density at radius 3 is 2.42 bits per heavy atom. The maximum Gasteiger partial charge on any atom is 0.231 e. The molecule has 1 aliphatic carbocycles. The van der Waals surface area contributed by atoms with Crippen molar-refractivity contribution in [3.8, 4) is 11.5 Å². The minimum Gasteiger partial charge on any atom is -0.454 e. The highest BCUT2D eigenvalue weighted by Crippen LogP contribution is 2.48. The molecule has 1 aromatic rings. The van der Waals surface area contributed by atoms with Crippen LogP contribution in [0.3, 0.4) is 0 Å². The summed E-state index contributed by atoms with van der Waals surface area (Å²) in [5.74, 6) is 1.38. The summed E-state index contributed by atoms with van der Waals surface area (Å²) in [6.07, 6.45) is 2.16. The molecule has 2 heterocycles. The van der Waals surface area contributed by atoms with E-state index in [4.69, 9.17) is 18.9 Å². The highest BCUT2D eigenvalue weighted by atomic mass is 79.9. The quantitative estimate of drug-likeness (QED) is 0.690. The first-order valence-corrected chi connectivity index (χ1v) is 9.91. The van der Waals surface area contributed by atoms with Crippen LogP contribution < -0.4 is 9.47 Å². The van der Waals surface area contributed by atoms with Crippen LogP contribution in [0.5, 0.6) is 11.5 Å². The van der Waals surface area contributed by atoms with E-state index in [0.29, 0.717) is 5.92 Å². The van der Waals surface area contributed by atoms with Crippen molar-refractivity contribution in [2.75, 3.05) is 27.9 Å². The lowest BCUT2D eigenvalue weighted by atomic mass is 9.76. The number of ether oxygens (including phenoxy) is 4. The van der Waals surface area contributed by atoms with Gasteiger partial charge in [-0.3, -0.25) is 0 Å². The van der Waals surface area contributed by atoms with E-state index in [9.17, 15) is 0 Å². The molecule has 0 spiro atoms. The zero-order valence-corrected chi connectivity index (χ0v) is 17.6. The van der Waals surface area contributed by atoms with E-state index in [-0.39, 0.29) is 25.0 Å². The van der Waals surface area contributed by atoms with Gasteiger partial charge in [0, 0.05) is 31.5 Å². The molecular formula is C19H27BrN2O4. The molecule has 6 nitrogen and oxygen atoms in total. The predicted molar refractivity (Wildman–Crippen MR) is 101 cm³/mol. The topological polar surface area (TPSA) is 43.4 Å². The summed E-state index contributed by atoms with van der Waals surface area (Å²) >= 11 is 3.75. The fourth-order valence-electron chi connectivity index (χ4n) is 4.42. The highest BCUT2D eigenvalue weighted by Gasteiger charge is 2.52. The molecule has 26 heavy (non-hydrogen) atoms. The van der Waals surface area contributed by atoms with Gasteiger partial charge in [-0.05, 0) is 44.4 Å². The van der Waals surface area contributed by atoms with Crippen LogP contribution in [0, 0.1) is 0 Å². The summed E-state index contributed by atoms with van der Waals surface area (Å²) in [5, 5.41) is 4.39. The molecule has 0 amide bonds. The SMILES string of the molecule is CN(C)N(C)[C@@H]1C(c2cc3c(cc2Br)OCO3)CCC2OC(C)(C)OC21. The number of hydrogen-bond acceptors (Lipinski definition) is 6. The first-order chi connectivity index (χ1) is 12.3. The average molecular weight is 427 g/mol. The number of nitrogens with zero attached hydrogens (tertiary/aromatic N) is 2. The van der Waals surface area contributed by atoms with E-state index in [2.05, 4.69) is 53.2 Å². The smallest absolute Gasteiger partial charge is 0.231 e. The molecule has 0 radical (unpaired) electrons. The molecule has 0 N–H and O–H groups in total. The van der Waals surface area contributed by atoms with E-state index in [0.717, 1.165) is 28.8 Å². The first kappa shape index (κ1) is 18.5. The summed E-state index contributed by atoms with van der Waals surface area (Å²) < 4.78 is 24.7. The lowest BCUT2D eigenvalue weighted by Gasteiger charge is -2.45. The summed E-state index contributed by atoms with van der Waals surface area (Å²) in [4.78, 5) is 0. The summed E-state index contributed by atoms with van der Waals surface area (Å²) in [7, 11) is 6.25. The van der Waals surface area contributed by atoms with Crippen molar-refractivity contribution in [1.82, 2.24) is 10.0 Å². The molecule has 4 rings (SSSR count). The van der Waals surface area contributed by atoms with Crippen molar-refractivity contribution in [3.05, 3.63) is 22.2 Å². The fraction of sp³-hybridized carbons (Fsp3) is 0.684. The molecule has 7 heteroatoms. The van der Waals surface area contributed by atoms with Crippen LogP contribution in [0.1, 0.15) is 38.2 Å². The van der Waals surface area contributed by atoms with Gasteiger partial charge < -0.3 is 18.9 Å². The first-order valence-electron chi connectivity index (χ1n) is 9.11. The van der Waals surface area contributed by atoms with Crippen molar-refractivity contribution < 1.29 is 18.9 Å². The molecular weight excluding hydrogens is 400 g/mol. The molecule has 2 aliphatic heterocycles. The molecule has 2 fully saturated rings. The number of hydrazine groups is 1. The third-order valence-electron chi connectivity index (χ3n) is 5.69. The van der Waals surface area contributed by atoms with E-state index in [1.807, 2.05) is 19.9 Å². The van der Waals surface area contributed by atoms with Gasteiger partial charge in [-0.2, -0.15) is 0 Å². The zero-order valence-electron chi connectivity index (χ0n) is 16.0. The maximum atomic E-state index is 6.36. The molecule has 1 saturated heterocycles. The second-order valence-corrected chi connectivity index (χ2v) is 8.82. The van der Waals surface area contributed by atoms with Gasteiger partial charge in [0.15, 0.2) is 17.3 Å². The number of hydrogen-bond donors (Lipinski definition) is 0. The lowest BCUT2D eigenvalue weighted by Crippen LogP contribution is -2.56. The summed E-state index contributed by atoms with van der Waals surface area (Å²) in [6.45, 7) is 4.29.